The zero-order valence-electron chi connectivity index (χ0n) is 13.3. The fourth-order valence-electron chi connectivity index (χ4n) is 2.07. The predicted octanol–water partition coefficient (Wildman–Crippen LogP) is 2.92. The van der Waals surface area contributed by atoms with Crippen molar-refractivity contribution < 1.29 is 4.74 Å². The zero-order chi connectivity index (χ0) is 14.6. The van der Waals surface area contributed by atoms with Crippen LogP contribution in [-0.2, 0) is 5.41 Å². The van der Waals surface area contributed by atoms with Gasteiger partial charge in [-0.15, -0.1) is 24.0 Å². The number of halogens is 1. The van der Waals surface area contributed by atoms with Crippen LogP contribution in [0.2, 0.25) is 0 Å². The lowest BCUT2D eigenvalue weighted by molar-refractivity contribution is 0.411. The van der Waals surface area contributed by atoms with Crippen LogP contribution in [0.1, 0.15) is 32.3 Å². The van der Waals surface area contributed by atoms with Crippen LogP contribution in [0, 0.1) is 0 Å². The zero-order valence-corrected chi connectivity index (χ0v) is 15.6. The molecule has 1 aliphatic rings. The Hall–Kier alpha value is -0.980. The fourth-order valence-corrected chi connectivity index (χ4v) is 2.07. The number of hydrogen-bond acceptors (Lipinski definition) is 2. The number of ether oxygens (including phenoxy) is 1. The molecular formula is C16H26IN3O. The number of benzene rings is 1. The number of methoxy groups -OCH3 is 1. The largest absolute Gasteiger partial charge is 0.497 e. The average molecular weight is 403 g/mol. The second-order valence-electron chi connectivity index (χ2n) is 5.96. The van der Waals surface area contributed by atoms with Crippen molar-refractivity contribution in [3.8, 4) is 5.75 Å². The van der Waals surface area contributed by atoms with E-state index in [1.165, 1.54) is 18.4 Å². The Balaban J connectivity index is 0.00000220. The van der Waals surface area contributed by atoms with Crippen LogP contribution in [0.15, 0.2) is 29.3 Å². The van der Waals surface area contributed by atoms with E-state index in [9.17, 15) is 0 Å². The molecule has 118 valence electrons. The smallest absolute Gasteiger partial charge is 0.191 e. The van der Waals surface area contributed by atoms with Crippen molar-refractivity contribution in [2.45, 2.75) is 38.1 Å². The lowest BCUT2D eigenvalue weighted by atomic mass is 9.84. The van der Waals surface area contributed by atoms with Crippen LogP contribution in [0.25, 0.3) is 0 Å². The molecule has 1 aromatic rings. The van der Waals surface area contributed by atoms with Gasteiger partial charge in [-0.1, -0.05) is 26.0 Å². The molecule has 1 aliphatic carbocycles. The van der Waals surface area contributed by atoms with Gasteiger partial charge in [0.1, 0.15) is 5.75 Å². The Kier molecular flexibility index (Phi) is 6.77. The van der Waals surface area contributed by atoms with Crippen molar-refractivity contribution in [1.29, 1.82) is 0 Å². The van der Waals surface area contributed by atoms with Crippen LogP contribution in [0.5, 0.6) is 5.75 Å². The van der Waals surface area contributed by atoms with E-state index in [0.717, 1.165) is 18.3 Å². The molecule has 1 aromatic carbocycles. The van der Waals surface area contributed by atoms with E-state index in [2.05, 4.69) is 41.6 Å². The standard InChI is InChI=1S/C16H25N3O.HI/c1-16(2,12-6-5-7-14(10-12)20-4)11-18-15(17-3)19-13-8-9-13;/h5-7,10,13H,8-9,11H2,1-4H3,(H2,17,18,19);1H. The SMILES string of the molecule is CN=C(NCC(C)(C)c1cccc(OC)c1)NC1CC1.I. The molecule has 0 aliphatic heterocycles. The second kappa shape index (κ2) is 7.87. The summed E-state index contributed by atoms with van der Waals surface area (Å²) in [6.07, 6.45) is 2.50. The number of hydrogen-bond donors (Lipinski definition) is 2. The Morgan fingerprint density at radius 3 is 2.67 bits per heavy atom. The van der Waals surface area contributed by atoms with E-state index in [1.54, 1.807) is 7.11 Å². The summed E-state index contributed by atoms with van der Waals surface area (Å²) in [7, 11) is 3.52. The Bertz CT molecular complexity index is 484. The summed E-state index contributed by atoms with van der Waals surface area (Å²) in [5.74, 6) is 1.79. The molecule has 0 saturated heterocycles. The molecular weight excluding hydrogens is 377 g/mol. The highest BCUT2D eigenvalue weighted by molar-refractivity contribution is 14.0. The quantitative estimate of drug-likeness (QED) is 0.452. The lowest BCUT2D eigenvalue weighted by Gasteiger charge is -2.27. The van der Waals surface area contributed by atoms with Crippen LogP contribution in [-0.4, -0.2) is 32.7 Å². The van der Waals surface area contributed by atoms with Gasteiger partial charge < -0.3 is 15.4 Å². The first-order valence-corrected chi connectivity index (χ1v) is 7.17. The normalized spacial score (nSPS) is 15.1. The summed E-state index contributed by atoms with van der Waals surface area (Å²) in [6, 6.07) is 8.86. The third-order valence-corrected chi connectivity index (χ3v) is 3.69. The molecule has 0 spiro atoms. The van der Waals surface area contributed by atoms with Crippen molar-refractivity contribution in [3.63, 3.8) is 0 Å². The van der Waals surface area contributed by atoms with E-state index < -0.39 is 0 Å². The molecule has 21 heavy (non-hydrogen) atoms. The second-order valence-corrected chi connectivity index (χ2v) is 5.96. The summed E-state index contributed by atoms with van der Waals surface area (Å²) in [6.45, 7) is 5.27. The van der Waals surface area contributed by atoms with Gasteiger partial charge >= 0.3 is 0 Å². The molecule has 0 bridgehead atoms. The van der Waals surface area contributed by atoms with E-state index in [1.807, 2.05) is 19.2 Å². The van der Waals surface area contributed by atoms with Crippen LogP contribution < -0.4 is 15.4 Å². The van der Waals surface area contributed by atoms with Gasteiger partial charge in [-0.05, 0) is 30.5 Å². The minimum Gasteiger partial charge on any atom is -0.497 e. The molecule has 5 heteroatoms. The average Bonchev–Trinajstić information content (AvgIpc) is 3.27. The van der Waals surface area contributed by atoms with Crippen molar-refractivity contribution in [3.05, 3.63) is 29.8 Å². The topological polar surface area (TPSA) is 45.7 Å². The van der Waals surface area contributed by atoms with Gasteiger partial charge in [0, 0.05) is 25.0 Å². The van der Waals surface area contributed by atoms with Crippen LogP contribution in [0.3, 0.4) is 0 Å². The minimum atomic E-state index is 0. The molecule has 2 N–H and O–H groups in total. The highest BCUT2D eigenvalue weighted by atomic mass is 127. The Morgan fingerprint density at radius 2 is 2.10 bits per heavy atom. The fraction of sp³-hybridized carbons (Fsp3) is 0.562. The maximum absolute atomic E-state index is 5.30. The summed E-state index contributed by atoms with van der Waals surface area (Å²) in [5.41, 5.74) is 1.27. The van der Waals surface area contributed by atoms with E-state index in [0.29, 0.717) is 6.04 Å². The van der Waals surface area contributed by atoms with Gasteiger partial charge in [-0.25, -0.2) is 0 Å². The first-order valence-electron chi connectivity index (χ1n) is 7.17. The molecule has 0 atom stereocenters. The summed E-state index contributed by atoms with van der Waals surface area (Å²) in [4.78, 5) is 4.27. The molecule has 0 aromatic heterocycles. The van der Waals surface area contributed by atoms with Crippen molar-refractivity contribution in [2.75, 3.05) is 20.7 Å². The number of nitrogens with one attached hydrogen (secondary N) is 2. The van der Waals surface area contributed by atoms with Crippen molar-refractivity contribution >= 4 is 29.9 Å². The van der Waals surface area contributed by atoms with E-state index >= 15 is 0 Å². The first-order chi connectivity index (χ1) is 9.55. The highest BCUT2D eigenvalue weighted by Gasteiger charge is 2.24. The number of guanidine groups is 1. The maximum atomic E-state index is 5.30. The predicted molar refractivity (Wildman–Crippen MR) is 99.0 cm³/mol. The van der Waals surface area contributed by atoms with E-state index in [-0.39, 0.29) is 29.4 Å². The van der Waals surface area contributed by atoms with Crippen molar-refractivity contribution in [2.24, 2.45) is 4.99 Å². The third-order valence-electron chi connectivity index (χ3n) is 3.69. The molecule has 0 amide bonds. The van der Waals surface area contributed by atoms with E-state index in [4.69, 9.17) is 4.74 Å². The van der Waals surface area contributed by atoms with Gasteiger partial charge in [0.15, 0.2) is 5.96 Å². The van der Waals surface area contributed by atoms with Gasteiger partial charge in [0.25, 0.3) is 0 Å². The summed E-state index contributed by atoms with van der Waals surface area (Å²) < 4.78 is 5.30. The Labute approximate surface area is 144 Å². The molecule has 1 saturated carbocycles. The molecule has 0 radical (unpaired) electrons. The van der Waals surface area contributed by atoms with Crippen LogP contribution >= 0.6 is 24.0 Å². The summed E-state index contributed by atoms with van der Waals surface area (Å²) >= 11 is 0. The highest BCUT2D eigenvalue weighted by Crippen LogP contribution is 2.25. The van der Waals surface area contributed by atoms with Gasteiger partial charge in [0.2, 0.25) is 0 Å². The third kappa shape index (κ3) is 5.37. The lowest BCUT2D eigenvalue weighted by Crippen LogP contribution is -2.44. The van der Waals surface area contributed by atoms with Gasteiger partial charge in [0.05, 0.1) is 7.11 Å². The first kappa shape index (κ1) is 18.1. The maximum Gasteiger partial charge on any atom is 0.191 e. The van der Waals surface area contributed by atoms with Crippen LogP contribution in [0.4, 0.5) is 0 Å². The van der Waals surface area contributed by atoms with Gasteiger partial charge in [-0.2, -0.15) is 0 Å². The molecule has 0 unspecified atom stereocenters. The number of aliphatic imine (C=N–C) groups is 1. The monoisotopic (exact) mass is 403 g/mol. The van der Waals surface area contributed by atoms with Gasteiger partial charge in [-0.3, -0.25) is 4.99 Å². The summed E-state index contributed by atoms with van der Waals surface area (Å²) in [5, 5.41) is 6.82. The Morgan fingerprint density at radius 1 is 1.38 bits per heavy atom. The number of nitrogens with zero attached hydrogens (tertiary/aromatic N) is 1. The van der Waals surface area contributed by atoms with Crippen molar-refractivity contribution in [1.82, 2.24) is 10.6 Å². The molecule has 0 heterocycles. The molecule has 4 nitrogen and oxygen atoms in total. The molecule has 2 rings (SSSR count). The minimum absolute atomic E-state index is 0. The molecule has 1 fully saturated rings. The number of rotatable bonds is 5.